The van der Waals surface area contributed by atoms with Crippen molar-refractivity contribution < 1.29 is 19.1 Å². The molecule has 0 saturated carbocycles. The van der Waals surface area contributed by atoms with Gasteiger partial charge in [0.05, 0.1) is 12.2 Å². The van der Waals surface area contributed by atoms with Crippen LogP contribution in [0.1, 0.15) is 70.1 Å². The first-order chi connectivity index (χ1) is 13.8. The highest BCUT2D eigenvalue weighted by atomic mass is 32.1. The van der Waals surface area contributed by atoms with Gasteiger partial charge in [0.25, 0.3) is 5.91 Å². The van der Waals surface area contributed by atoms with Crippen LogP contribution in [-0.4, -0.2) is 25.1 Å². The highest BCUT2D eigenvalue weighted by Crippen LogP contribution is 2.43. The molecule has 29 heavy (non-hydrogen) atoms. The van der Waals surface area contributed by atoms with Crippen molar-refractivity contribution in [2.75, 3.05) is 18.5 Å². The number of esters is 1. The van der Waals surface area contributed by atoms with Gasteiger partial charge >= 0.3 is 5.97 Å². The van der Waals surface area contributed by atoms with Gasteiger partial charge in [-0.3, -0.25) is 4.79 Å². The third-order valence-electron chi connectivity index (χ3n) is 5.41. The van der Waals surface area contributed by atoms with Crippen molar-refractivity contribution in [3.63, 3.8) is 0 Å². The van der Waals surface area contributed by atoms with Gasteiger partial charge in [-0.05, 0) is 81.2 Å². The maximum atomic E-state index is 12.6. The summed E-state index contributed by atoms with van der Waals surface area (Å²) >= 11 is 1.49. The van der Waals surface area contributed by atoms with E-state index >= 15 is 0 Å². The number of amides is 1. The number of carbonyl (C=O) groups excluding carboxylic acids is 2. The van der Waals surface area contributed by atoms with Crippen LogP contribution in [0.25, 0.3) is 0 Å². The molecule has 0 aliphatic heterocycles. The summed E-state index contributed by atoms with van der Waals surface area (Å²) in [6.07, 6.45) is 3.07. The molecule has 0 radical (unpaired) electrons. The molecule has 1 heterocycles. The Hall–Kier alpha value is -2.34. The first-order valence-electron chi connectivity index (χ1n) is 10.1. The molecule has 1 unspecified atom stereocenters. The second-order valence-corrected chi connectivity index (χ2v) is 8.80. The third kappa shape index (κ3) is 4.64. The monoisotopic (exact) mass is 415 g/mol. The first kappa shape index (κ1) is 21.4. The lowest BCUT2D eigenvalue weighted by Crippen LogP contribution is -2.22. The molecular formula is C23H29NO4S. The summed E-state index contributed by atoms with van der Waals surface area (Å²) in [6.45, 7) is 10.1. The van der Waals surface area contributed by atoms with Gasteiger partial charge in [0.15, 0.2) is 6.61 Å². The van der Waals surface area contributed by atoms with Gasteiger partial charge in [0.2, 0.25) is 0 Å². The summed E-state index contributed by atoms with van der Waals surface area (Å²) in [7, 11) is 0. The topological polar surface area (TPSA) is 64.6 Å². The largest absolute Gasteiger partial charge is 0.483 e. The molecule has 0 spiro atoms. The maximum absolute atomic E-state index is 12.6. The van der Waals surface area contributed by atoms with Crippen LogP contribution in [0.5, 0.6) is 5.75 Å². The minimum Gasteiger partial charge on any atom is -0.483 e. The average molecular weight is 416 g/mol. The van der Waals surface area contributed by atoms with Gasteiger partial charge in [-0.1, -0.05) is 13.0 Å². The number of thiophene rings is 1. The minimum atomic E-state index is -0.361. The first-order valence-corrected chi connectivity index (χ1v) is 11.0. The van der Waals surface area contributed by atoms with Crippen molar-refractivity contribution in [2.45, 2.75) is 59.8 Å². The van der Waals surface area contributed by atoms with Crippen molar-refractivity contribution in [1.29, 1.82) is 0 Å². The summed E-state index contributed by atoms with van der Waals surface area (Å²) in [5, 5.41) is 3.48. The minimum absolute atomic E-state index is 0.107. The third-order valence-corrected chi connectivity index (χ3v) is 6.59. The lowest BCUT2D eigenvalue weighted by Gasteiger charge is -2.19. The van der Waals surface area contributed by atoms with Crippen molar-refractivity contribution >= 4 is 28.2 Å². The molecule has 5 nitrogen and oxygen atoms in total. The van der Waals surface area contributed by atoms with Crippen LogP contribution in [0, 0.1) is 20.8 Å². The summed E-state index contributed by atoms with van der Waals surface area (Å²) in [5.74, 6) is 0.358. The molecule has 1 amide bonds. The highest BCUT2D eigenvalue weighted by Gasteiger charge is 2.30. The fraction of sp³-hybridized carbons (Fsp3) is 0.478. The molecule has 156 valence electrons. The van der Waals surface area contributed by atoms with E-state index in [0.29, 0.717) is 22.9 Å². The molecule has 2 aromatic rings. The smallest absolute Gasteiger partial charge is 0.341 e. The summed E-state index contributed by atoms with van der Waals surface area (Å²) < 4.78 is 11.1. The number of hydrogen-bond donors (Lipinski definition) is 1. The second kappa shape index (κ2) is 8.99. The summed E-state index contributed by atoms with van der Waals surface area (Å²) in [6, 6.07) is 4.02. The number of nitrogens with one attached hydrogen (secondary N) is 1. The van der Waals surface area contributed by atoms with Gasteiger partial charge in [0.1, 0.15) is 10.8 Å². The van der Waals surface area contributed by atoms with E-state index < -0.39 is 0 Å². The van der Waals surface area contributed by atoms with E-state index in [0.717, 1.165) is 41.5 Å². The van der Waals surface area contributed by atoms with E-state index in [9.17, 15) is 9.59 Å². The molecule has 3 rings (SSSR count). The lowest BCUT2D eigenvalue weighted by atomic mass is 9.86. The molecule has 1 aliphatic carbocycles. The molecule has 1 N–H and O–H groups in total. The number of benzene rings is 1. The zero-order valence-electron chi connectivity index (χ0n) is 17.8. The SMILES string of the molecule is CCOC(=O)c1c(NC(=O)COc2cc(C)cc(C)c2C)sc2c1C(C)CCC2. The Morgan fingerprint density at radius 1 is 1.24 bits per heavy atom. The standard InChI is InChI=1S/C23H29NO4S/c1-6-27-23(26)21-20-14(3)8-7-9-18(20)29-22(21)24-19(25)12-28-17-11-13(2)10-15(4)16(17)5/h10-11,14H,6-9,12H2,1-5H3,(H,24,25). The Labute approximate surface area is 176 Å². The predicted molar refractivity (Wildman–Crippen MR) is 116 cm³/mol. The van der Waals surface area contributed by atoms with Crippen LogP contribution in [0.3, 0.4) is 0 Å². The number of carbonyl (C=O) groups is 2. The molecular weight excluding hydrogens is 386 g/mol. The fourth-order valence-electron chi connectivity index (χ4n) is 3.86. The zero-order valence-corrected chi connectivity index (χ0v) is 18.6. The van der Waals surface area contributed by atoms with Crippen LogP contribution in [0.2, 0.25) is 0 Å². The number of rotatable bonds is 6. The van der Waals surface area contributed by atoms with E-state index in [1.54, 1.807) is 6.92 Å². The van der Waals surface area contributed by atoms with Crippen molar-refractivity contribution in [1.82, 2.24) is 0 Å². The normalized spacial score (nSPS) is 15.6. The Morgan fingerprint density at radius 3 is 2.72 bits per heavy atom. The lowest BCUT2D eigenvalue weighted by molar-refractivity contribution is -0.118. The molecule has 0 fully saturated rings. The molecule has 1 aromatic heterocycles. The Balaban J connectivity index is 1.79. The molecule has 0 saturated heterocycles. The van der Waals surface area contributed by atoms with Gasteiger partial charge in [-0.25, -0.2) is 4.79 Å². The number of hydrogen-bond acceptors (Lipinski definition) is 5. The predicted octanol–water partition coefficient (Wildman–Crippen LogP) is 5.31. The molecule has 1 aromatic carbocycles. The number of fused-ring (bicyclic) bond motifs is 1. The van der Waals surface area contributed by atoms with Crippen molar-refractivity contribution in [3.8, 4) is 5.75 Å². The highest BCUT2D eigenvalue weighted by molar-refractivity contribution is 7.17. The van der Waals surface area contributed by atoms with Gasteiger partial charge in [-0.2, -0.15) is 0 Å². The quantitative estimate of drug-likeness (QED) is 0.650. The van der Waals surface area contributed by atoms with Crippen LogP contribution >= 0.6 is 11.3 Å². The van der Waals surface area contributed by atoms with E-state index in [-0.39, 0.29) is 24.4 Å². The summed E-state index contributed by atoms with van der Waals surface area (Å²) in [5.41, 5.74) is 4.81. The molecule has 1 aliphatic rings. The second-order valence-electron chi connectivity index (χ2n) is 7.70. The van der Waals surface area contributed by atoms with E-state index in [4.69, 9.17) is 9.47 Å². The molecule has 6 heteroatoms. The Bertz CT molecular complexity index is 931. The molecule has 0 bridgehead atoms. The van der Waals surface area contributed by atoms with Crippen LogP contribution in [-0.2, 0) is 16.0 Å². The van der Waals surface area contributed by atoms with Crippen molar-refractivity contribution in [2.24, 2.45) is 0 Å². The van der Waals surface area contributed by atoms with E-state index in [1.165, 1.54) is 16.2 Å². The Kier molecular flexibility index (Phi) is 6.63. The van der Waals surface area contributed by atoms with E-state index in [2.05, 4.69) is 18.3 Å². The number of ether oxygens (including phenoxy) is 2. The number of aryl methyl sites for hydroxylation is 3. The van der Waals surface area contributed by atoms with Crippen LogP contribution in [0.15, 0.2) is 12.1 Å². The molecule has 1 atom stereocenters. The zero-order chi connectivity index (χ0) is 21.1. The van der Waals surface area contributed by atoms with Gasteiger partial charge in [-0.15, -0.1) is 11.3 Å². The number of anilines is 1. The van der Waals surface area contributed by atoms with Crippen LogP contribution < -0.4 is 10.1 Å². The van der Waals surface area contributed by atoms with Crippen LogP contribution in [0.4, 0.5) is 5.00 Å². The summed E-state index contributed by atoms with van der Waals surface area (Å²) in [4.78, 5) is 26.4. The fourth-order valence-corrected chi connectivity index (χ4v) is 5.23. The average Bonchev–Trinajstić information content (AvgIpc) is 3.03. The van der Waals surface area contributed by atoms with E-state index in [1.807, 2.05) is 26.8 Å². The van der Waals surface area contributed by atoms with Crippen molar-refractivity contribution in [3.05, 3.63) is 44.8 Å². The maximum Gasteiger partial charge on any atom is 0.341 e. The Morgan fingerprint density at radius 2 is 2.00 bits per heavy atom. The van der Waals surface area contributed by atoms with Gasteiger partial charge < -0.3 is 14.8 Å². The van der Waals surface area contributed by atoms with Gasteiger partial charge in [0, 0.05) is 4.88 Å².